The van der Waals surface area contributed by atoms with Crippen molar-refractivity contribution >= 4 is 11.8 Å². The molecule has 0 unspecified atom stereocenters. The summed E-state index contributed by atoms with van der Waals surface area (Å²) in [5.41, 5.74) is 5.44. The summed E-state index contributed by atoms with van der Waals surface area (Å²) < 4.78 is 11.1. The minimum atomic E-state index is -0.308. The summed E-state index contributed by atoms with van der Waals surface area (Å²) >= 11 is 0. The molecule has 138 valence electrons. The number of hydrogen-bond donors (Lipinski definition) is 2. The van der Waals surface area contributed by atoms with Gasteiger partial charge in [-0.25, -0.2) is 0 Å². The minimum absolute atomic E-state index is 0.00429. The molecule has 0 aromatic heterocycles. The summed E-state index contributed by atoms with van der Waals surface area (Å²) in [6.07, 6.45) is 2.70. The number of carbonyl (C=O) groups is 2. The van der Waals surface area contributed by atoms with Crippen LogP contribution in [0.25, 0.3) is 0 Å². The highest BCUT2D eigenvalue weighted by Gasteiger charge is 2.23. The number of ether oxygens (including phenoxy) is 2. The number of piperidine rings is 1. The zero-order valence-corrected chi connectivity index (χ0v) is 14.5. The Morgan fingerprint density at radius 1 is 1.20 bits per heavy atom. The molecule has 3 N–H and O–H groups in total. The van der Waals surface area contributed by atoms with Crippen LogP contribution in [0.1, 0.15) is 19.3 Å². The first-order valence-corrected chi connectivity index (χ1v) is 8.73. The van der Waals surface area contributed by atoms with Gasteiger partial charge in [-0.2, -0.15) is 0 Å². The van der Waals surface area contributed by atoms with Crippen LogP contribution in [0.15, 0.2) is 30.3 Å². The van der Waals surface area contributed by atoms with Gasteiger partial charge in [-0.1, -0.05) is 18.2 Å². The van der Waals surface area contributed by atoms with Gasteiger partial charge in [-0.15, -0.1) is 0 Å². The summed E-state index contributed by atoms with van der Waals surface area (Å²) in [4.78, 5) is 25.7. The maximum atomic E-state index is 12.2. The van der Waals surface area contributed by atoms with Gasteiger partial charge in [0.05, 0.1) is 12.6 Å². The monoisotopic (exact) mass is 349 g/mol. The van der Waals surface area contributed by atoms with Crippen LogP contribution in [0.5, 0.6) is 5.75 Å². The van der Waals surface area contributed by atoms with Gasteiger partial charge in [-0.05, 0) is 37.9 Å². The molecule has 0 atom stereocenters. The summed E-state index contributed by atoms with van der Waals surface area (Å²) in [7, 11) is 0. The van der Waals surface area contributed by atoms with Crippen LogP contribution in [-0.2, 0) is 14.3 Å². The second-order valence-corrected chi connectivity index (χ2v) is 5.97. The lowest BCUT2D eigenvalue weighted by Gasteiger charge is -2.32. The van der Waals surface area contributed by atoms with E-state index in [4.69, 9.17) is 15.2 Å². The van der Waals surface area contributed by atoms with E-state index in [0.717, 1.165) is 19.3 Å². The Morgan fingerprint density at radius 2 is 1.92 bits per heavy atom. The lowest BCUT2D eigenvalue weighted by Crippen LogP contribution is -2.46. The molecule has 0 aliphatic carbocycles. The zero-order valence-electron chi connectivity index (χ0n) is 14.5. The smallest absolute Gasteiger partial charge is 0.258 e. The highest BCUT2D eigenvalue weighted by Crippen LogP contribution is 2.14. The number of likely N-dealkylation sites (tertiary alicyclic amines) is 1. The number of carbonyl (C=O) groups excluding carboxylic acids is 2. The lowest BCUT2D eigenvalue weighted by molar-refractivity contribution is -0.135. The Hall–Kier alpha value is -2.12. The molecule has 25 heavy (non-hydrogen) atoms. The molecule has 0 spiro atoms. The first-order valence-electron chi connectivity index (χ1n) is 8.73. The van der Waals surface area contributed by atoms with E-state index in [2.05, 4.69) is 5.32 Å². The van der Waals surface area contributed by atoms with Crippen molar-refractivity contribution in [1.29, 1.82) is 0 Å². The SMILES string of the molecule is NCCCOC1CCN(C(=O)CNC(=O)COc2ccccc2)CC1. The fourth-order valence-electron chi connectivity index (χ4n) is 2.61. The highest BCUT2D eigenvalue weighted by atomic mass is 16.5. The largest absolute Gasteiger partial charge is 0.484 e. The van der Waals surface area contributed by atoms with Gasteiger partial charge in [0, 0.05) is 19.7 Å². The maximum absolute atomic E-state index is 12.2. The van der Waals surface area contributed by atoms with Crippen LogP contribution in [0, 0.1) is 0 Å². The first-order chi connectivity index (χ1) is 12.2. The third-order valence-electron chi connectivity index (χ3n) is 4.05. The molecular weight excluding hydrogens is 322 g/mol. The molecule has 1 aliphatic heterocycles. The normalized spacial score (nSPS) is 15.0. The Bertz CT molecular complexity index is 530. The van der Waals surface area contributed by atoms with Gasteiger partial charge in [0.1, 0.15) is 5.75 Å². The fourth-order valence-corrected chi connectivity index (χ4v) is 2.61. The third-order valence-corrected chi connectivity index (χ3v) is 4.05. The number of nitrogens with one attached hydrogen (secondary N) is 1. The summed E-state index contributed by atoms with van der Waals surface area (Å²) in [5, 5.41) is 2.60. The number of amides is 2. The van der Waals surface area contributed by atoms with Gasteiger partial charge >= 0.3 is 0 Å². The second-order valence-electron chi connectivity index (χ2n) is 5.97. The lowest BCUT2D eigenvalue weighted by atomic mass is 10.1. The molecule has 7 nitrogen and oxygen atoms in total. The molecule has 1 aliphatic rings. The van der Waals surface area contributed by atoms with Gasteiger partial charge in [0.2, 0.25) is 5.91 Å². The number of benzene rings is 1. The number of nitrogens with two attached hydrogens (primary N) is 1. The van der Waals surface area contributed by atoms with Gasteiger partial charge in [-0.3, -0.25) is 9.59 Å². The Kier molecular flexibility index (Phi) is 8.21. The van der Waals surface area contributed by atoms with Crippen LogP contribution < -0.4 is 15.8 Å². The maximum Gasteiger partial charge on any atom is 0.258 e. The highest BCUT2D eigenvalue weighted by molar-refractivity contribution is 5.85. The quantitative estimate of drug-likeness (QED) is 0.635. The molecule has 0 saturated carbocycles. The van der Waals surface area contributed by atoms with Gasteiger partial charge < -0.3 is 25.4 Å². The Labute approximate surface area is 148 Å². The predicted octanol–water partition coefficient (Wildman–Crippen LogP) is 0.538. The Morgan fingerprint density at radius 3 is 2.60 bits per heavy atom. The van der Waals surface area contributed by atoms with E-state index in [-0.39, 0.29) is 31.1 Å². The van der Waals surface area contributed by atoms with Crippen molar-refractivity contribution in [1.82, 2.24) is 10.2 Å². The summed E-state index contributed by atoms with van der Waals surface area (Å²) in [5.74, 6) is 0.242. The van der Waals surface area contributed by atoms with E-state index in [9.17, 15) is 9.59 Å². The van der Waals surface area contributed by atoms with E-state index in [0.29, 0.717) is 32.0 Å². The number of hydrogen-bond acceptors (Lipinski definition) is 5. The van der Waals surface area contributed by atoms with Crippen molar-refractivity contribution in [3.63, 3.8) is 0 Å². The molecule has 2 rings (SSSR count). The molecule has 1 saturated heterocycles. The van der Waals surface area contributed by atoms with Crippen molar-refractivity contribution in [2.24, 2.45) is 5.73 Å². The van der Waals surface area contributed by atoms with Crippen LogP contribution in [-0.4, -0.2) is 62.2 Å². The molecule has 1 aromatic rings. The van der Waals surface area contributed by atoms with E-state index in [1.807, 2.05) is 18.2 Å². The predicted molar refractivity (Wildman–Crippen MR) is 94.2 cm³/mol. The van der Waals surface area contributed by atoms with E-state index in [1.165, 1.54) is 0 Å². The summed E-state index contributed by atoms with van der Waals surface area (Å²) in [6.45, 7) is 2.51. The number of nitrogens with zero attached hydrogens (tertiary/aromatic N) is 1. The molecule has 0 radical (unpaired) electrons. The average Bonchev–Trinajstić information content (AvgIpc) is 2.66. The second kappa shape index (κ2) is 10.7. The number of para-hydroxylation sites is 1. The van der Waals surface area contributed by atoms with E-state index < -0.39 is 0 Å². The van der Waals surface area contributed by atoms with E-state index in [1.54, 1.807) is 17.0 Å². The van der Waals surface area contributed by atoms with Crippen molar-refractivity contribution in [3.8, 4) is 5.75 Å². The van der Waals surface area contributed by atoms with Gasteiger partial charge in [0.25, 0.3) is 5.91 Å². The molecule has 1 fully saturated rings. The summed E-state index contributed by atoms with van der Waals surface area (Å²) in [6, 6.07) is 9.09. The van der Waals surface area contributed by atoms with Crippen LogP contribution in [0.2, 0.25) is 0 Å². The van der Waals surface area contributed by atoms with Crippen molar-refractivity contribution in [2.75, 3.05) is 39.4 Å². The fraction of sp³-hybridized carbons (Fsp3) is 0.556. The molecular formula is C18H27N3O4. The van der Waals surface area contributed by atoms with Crippen molar-refractivity contribution in [2.45, 2.75) is 25.4 Å². The van der Waals surface area contributed by atoms with Gasteiger partial charge in [0.15, 0.2) is 6.61 Å². The van der Waals surface area contributed by atoms with Crippen LogP contribution in [0.4, 0.5) is 0 Å². The van der Waals surface area contributed by atoms with Crippen molar-refractivity contribution in [3.05, 3.63) is 30.3 Å². The van der Waals surface area contributed by atoms with Crippen LogP contribution >= 0.6 is 0 Å². The molecule has 1 aromatic carbocycles. The average molecular weight is 349 g/mol. The third kappa shape index (κ3) is 7.11. The minimum Gasteiger partial charge on any atom is -0.484 e. The Balaban J connectivity index is 1.59. The first kappa shape index (κ1) is 19.2. The number of rotatable bonds is 9. The molecule has 7 heteroatoms. The molecule has 1 heterocycles. The topological polar surface area (TPSA) is 93.9 Å². The standard InChI is InChI=1S/C18H27N3O4/c19-9-4-12-24-16-7-10-21(11-8-16)18(23)13-20-17(22)14-25-15-5-2-1-3-6-15/h1-3,5-6,16H,4,7-14,19H2,(H,20,22). The van der Waals surface area contributed by atoms with E-state index >= 15 is 0 Å². The van der Waals surface area contributed by atoms with Crippen molar-refractivity contribution < 1.29 is 19.1 Å². The zero-order chi connectivity index (χ0) is 17.9. The molecule has 0 bridgehead atoms. The van der Waals surface area contributed by atoms with Crippen LogP contribution in [0.3, 0.4) is 0 Å². The molecule has 2 amide bonds.